The van der Waals surface area contributed by atoms with Crippen LogP contribution in [0.5, 0.6) is 0 Å². The zero-order chi connectivity index (χ0) is 23.8. The molecule has 1 atom stereocenters. The zero-order valence-corrected chi connectivity index (χ0v) is 19.0. The first-order valence-corrected chi connectivity index (χ1v) is 11.7. The fourth-order valence-electron chi connectivity index (χ4n) is 3.52. The van der Waals surface area contributed by atoms with Gasteiger partial charge in [-0.05, 0) is 55.9 Å². The second-order valence-corrected chi connectivity index (χ2v) is 10.1. The van der Waals surface area contributed by atoms with Gasteiger partial charge >= 0.3 is 6.18 Å². The molecule has 1 aliphatic heterocycles. The molecule has 0 bridgehead atoms. The summed E-state index contributed by atoms with van der Waals surface area (Å²) in [6.45, 7) is 2.22. The summed E-state index contributed by atoms with van der Waals surface area (Å²) < 4.78 is 80.1. The highest BCUT2D eigenvalue weighted by molar-refractivity contribution is 7.90. The van der Waals surface area contributed by atoms with Crippen LogP contribution in [0.3, 0.4) is 0 Å². The maximum absolute atomic E-state index is 14.3. The predicted molar refractivity (Wildman–Crippen MR) is 116 cm³/mol. The Kier molecular flexibility index (Phi) is 6.69. The molecule has 0 radical (unpaired) electrons. The minimum absolute atomic E-state index is 0.0583. The summed E-state index contributed by atoms with van der Waals surface area (Å²) in [7, 11) is 0.137. The molecule has 2 aromatic carbocycles. The Morgan fingerprint density at radius 2 is 1.66 bits per heavy atom. The summed E-state index contributed by atoms with van der Waals surface area (Å²) in [5, 5.41) is 1.40. The Morgan fingerprint density at radius 1 is 1.06 bits per heavy atom. The molecule has 1 heterocycles. The smallest absolute Gasteiger partial charge is 0.308 e. The van der Waals surface area contributed by atoms with Crippen LogP contribution in [0.15, 0.2) is 47.4 Å². The van der Waals surface area contributed by atoms with E-state index in [9.17, 15) is 26.0 Å². The second-order valence-electron chi connectivity index (χ2n) is 8.08. The minimum Gasteiger partial charge on any atom is -0.308 e. The van der Waals surface area contributed by atoms with Gasteiger partial charge in [0.05, 0.1) is 10.6 Å². The number of nitrogens with zero attached hydrogens (tertiary/aromatic N) is 2. The molecule has 32 heavy (non-hydrogen) atoms. The number of alkyl halides is 3. The third-order valence-corrected chi connectivity index (χ3v) is 6.36. The van der Waals surface area contributed by atoms with Crippen molar-refractivity contribution in [1.82, 2.24) is 15.3 Å². The van der Waals surface area contributed by atoms with E-state index in [0.29, 0.717) is 17.7 Å². The van der Waals surface area contributed by atoms with E-state index in [0.717, 1.165) is 12.3 Å². The van der Waals surface area contributed by atoms with Crippen LogP contribution in [0.25, 0.3) is 11.3 Å². The quantitative estimate of drug-likeness (QED) is 0.651. The number of hydrazine groups is 1. The largest absolute Gasteiger partial charge is 0.409 e. The van der Waals surface area contributed by atoms with Gasteiger partial charge in [-0.3, -0.25) is 0 Å². The molecule has 10 heteroatoms. The number of benzene rings is 2. The Balaban J connectivity index is 2.24. The lowest BCUT2D eigenvalue weighted by Gasteiger charge is -2.26. The number of rotatable bonds is 6. The van der Waals surface area contributed by atoms with E-state index in [4.69, 9.17) is 0 Å². The molecular weight excluding hydrogens is 446 g/mol. The predicted octanol–water partition coefficient (Wildman–Crippen LogP) is 3.72. The van der Waals surface area contributed by atoms with Gasteiger partial charge in [-0.25, -0.2) is 18.2 Å². The third-order valence-electron chi connectivity index (χ3n) is 5.24. The molecule has 5 nitrogen and oxygen atoms in total. The van der Waals surface area contributed by atoms with E-state index in [2.05, 4.69) is 5.43 Å². The van der Waals surface area contributed by atoms with Crippen molar-refractivity contribution in [2.75, 3.05) is 33.4 Å². The average molecular weight is 472 g/mol. The lowest BCUT2D eigenvalue weighted by Crippen LogP contribution is -2.47. The lowest BCUT2D eigenvalue weighted by molar-refractivity contribution is -0.147. The van der Waals surface area contributed by atoms with Crippen LogP contribution in [-0.4, -0.2) is 64.0 Å². The number of nitrogens with one attached hydrogen (secondary N) is 1. The molecule has 1 N–H and O–H groups in total. The van der Waals surface area contributed by atoms with Crippen molar-refractivity contribution < 1.29 is 26.0 Å². The van der Waals surface area contributed by atoms with Crippen LogP contribution in [0, 0.1) is 12.7 Å². The number of likely N-dealkylation sites (N-methyl/N-ethyl adjacent to an activating group) is 1. The summed E-state index contributed by atoms with van der Waals surface area (Å²) in [4.78, 5) is 1.89. The molecule has 0 spiro atoms. The first-order valence-electron chi connectivity index (χ1n) is 9.85. The zero-order valence-electron chi connectivity index (χ0n) is 18.2. The number of halogens is 4. The number of sulfone groups is 1. The molecule has 2 aromatic rings. The molecule has 0 amide bonds. The Labute approximate surface area is 185 Å². The summed E-state index contributed by atoms with van der Waals surface area (Å²) in [5.74, 6) is -0.602. The fraction of sp³-hybridized carbons (Fsp3) is 0.364. The van der Waals surface area contributed by atoms with E-state index < -0.39 is 27.9 Å². The molecule has 174 valence electrons. The molecule has 0 saturated carbocycles. The van der Waals surface area contributed by atoms with Gasteiger partial charge in [-0.15, -0.1) is 0 Å². The van der Waals surface area contributed by atoms with Gasteiger partial charge in [0, 0.05) is 24.9 Å². The topological polar surface area (TPSA) is 52.7 Å². The maximum Gasteiger partial charge on any atom is 0.409 e. The summed E-state index contributed by atoms with van der Waals surface area (Å²) in [5.41, 5.74) is 3.48. The molecule has 0 saturated heterocycles. The van der Waals surface area contributed by atoms with Gasteiger partial charge in [0.1, 0.15) is 11.9 Å². The van der Waals surface area contributed by atoms with Crippen molar-refractivity contribution in [3.05, 3.63) is 65.0 Å². The number of aryl methyl sites for hydroxylation is 1. The lowest BCUT2D eigenvalue weighted by atomic mass is 9.94. The van der Waals surface area contributed by atoms with Crippen molar-refractivity contribution >= 4 is 21.1 Å². The molecular formula is C22H25F4N3O2S. The van der Waals surface area contributed by atoms with E-state index in [1.165, 1.54) is 48.3 Å². The molecule has 1 unspecified atom stereocenters. The van der Waals surface area contributed by atoms with Crippen molar-refractivity contribution in [1.29, 1.82) is 0 Å². The SMILES string of the molecule is Cc1ccc(C2=C(c3ccc(S(C)(=O)=O)cc3)N(CCN(C)C)NC2C(F)(F)F)cc1F. The van der Waals surface area contributed by atoms with E-state index >= 15 is 0 Å². The van der Waals surface area contributed by atoms with Gasteiger partial charge in [-0.2, -0.15) is 13.2 Å². The maximum atomic E-state index is 14.3. The second kappa shape index (κ2) is 8.84. The standard InChI is InChI=1S/C22H25F4N3O2S/c1-14-5-6-16(13-18(14)23)19-20(15-7-9-17(10-8-15)32(4,30)31)29(12-11-28(2)3)27-21(19)22(24,25)26/h5-10,13,21,27H,11-12H2,1-4H3. The van der Waals surface area contributed by atoms with Crippen molar-refractivity contribution in [2.45, 2.75) is 24.0 Å². The normalized spacial score (nSPS) is 17.5. The van der Waals surface area contributed by atoms with Gasteiger partial charge in [0.15, 0.2) is 9.84 Å². The summed E-state index contributed by atoms with van der Waals surface area (Å²) >= 11 is 0. The van der Waals surface area contributed by atoms with Crippen LogP contribution in [0.1, 0.15) is 16.7 Å². The summed E-state index contributed by atoms with van der Waals surface area (Å²) in [6, 6.07) is 7.62. The first-order chi connectivity index (χ1) is 14.8. The third kappa shape index (κ3) is 5.13. The van der Waals surface area contributed by atoms with E-state index in [-0.39, 0.29) is 28.3 Å². The Bertz CT molecular complexity index is 1130. The first kappa shape index (κ1) is 24.2. The van der Waals surface area contributed by atoms with Crippen LogP contribution in [-0.2, 0) is 9.84 Å². The molecule has 3 rings (SSSR count). The monoisotopic (exact) mass is 471 g/mol. The van der Waals surface area contributed by atoms with Crippen molar-refractivity contribution in [3.63, 3.8) is 0 Å². The highest BCUT2D eigenvalue weighted by Crippen LogP contribution is 2.42. The number of hydrogen-bond acceptors (Lipinski definition) is 5. The average Bonchev–Trinajstić information content (AvgIpc) is 3.08. The molecule has 0 aromatic heterocycles. The van der Waals surface area contributed by atoms with Crippen molar-refractivity contribution in [2.24, 2.45) is 0 Å². The number of hydrogen-bond donors (Lipinski definition) is 1. The van der Waals surface area contributed by atoms with Crippen LogP contribution in [0.2, 0.25) is 0 Å². The van der Waals surface area contributed by atoms with Gasteiger partial charge in [-0.1, -0.05) is 24.3 Å². The van der Waals surface area contributed by atoms with Crippen LogP contribution in [0.4, 0.5) is 17.6 Å². The fourth-order valence-corrected chi connectivity index (χ4v) is 4.15. The highest BCUT2D eigenvalue weighted by Gasteiger charge is 2.49. The van der Waals surface area contributed by atoms with E-state index in [1.807, 2.05) is 4.90 Å². The summed E-state index contributed by atoms with van der Waals surface area (Å²) in [6.07, 6.45) is -3.58. The Morgan fingerprint density at radius 3 is 2.16 bits per heavy atom. The minimum atomic E-state index is -4.64. The molecule has 0 aliphatic carbocycles. The Hall–Kier alpha value is -2.43. The van der Waals surface area contributed by atoms with E-state index in [1.54, 1.807) is 14.1 Å². The molecule has 1 aliphatic rings. The van der Waals surface area contributed by atoms with Crippen molar-refractivity contribution in [3.8, 4) is 0 Å². The van der Waals surface area contributed by atoms with Gasteiger partial charge in [0.2, 0.25) is 0 Å². The van der Waals surface area contributed by atoms with Gasteiger partial charge in [0.25, 0.3) is 0 Å². The van der Waals surface area contributed by atoms with Gasteiger partial charge < -0.3 is 9.91 Å². The van der Waals surface area contributed by atoms with Crippen LogP contribution >= 0.6 is 0 Å². The molecule has 0 fully saturated rings. The highest BCUT2D eigenvalue weighted by atomic mass is 32.2. The van der Waals surface area contributed by atoms with Crippen LogP contribution < -0.4 is 5.43 Å².